The average Bonchev–Trinajstić information content (AvgIpc) is 3.28. The fraction of sp³-hybridized carbons (Fsp3) is 0.404. The molecule has 4 aromatic carbocycles. The number of rotatable bonds is 13. The minimum Gasteiger partial charge on any atom is -0.496 e. The predicted molar refractivity (Wildman–Crippen MR) is 233 cm³/mol. The van der Waals surface area contributed by atoms with E-state index in [1.54, 1.807) is 22.2 Å². The van der Waals surface area contributed by atoms with Crippen molar-refractivity contribution in [1.82, 2.24) is 40.6 Å². The number of carbonyl (C=O) groups excluding carboxylic acids is 2. The van der Waals surface area contributed by atoms with Crippen molar-refractivity contribution in [3.05, 3.63) is 131 Å². The van der Waals surface area contributed by atoms with Crippen LogP contribution in [0.2, 0.25) is 0 Å². The number of carbonyl (C=O) groups is 2. The van der Waals surface area contributed by atoms with Crippen LogP contribution in [0.4, 0.5) is 27.2 Å². The van der Waals surface area contributed by atoms with Gasteiger partial charge in [-0.2, -0.15) is 0 Å². The third-order valence-electron chi connectivity index (χ3n) is 11.1. The van der Waals surface area contributed by atoms with E-state index in [2.05, 4.69) is 30.8 Å². The summed E-state index contributed by atoms with van der Waals surface area (Å²) in [5.41, 5.74) is 4.11. The molecule has 2 fully saturated rings. The molecule has 0 bridgehead atoms. The minimum atomic E-state index is -0.978. The number of methoxy groups -OCH3 is 1. The summed E-state index contributed by atoms with van der Waals surface area (Å²) in [7, 11) is 3.45. The summed E-state index contributed by atoms with van der Waals surface area (Å²) >= 11 is 0. The Balaban J connectivity index is 0.000000210. The Morgan fingerprint density at radius 2 is 1.32 bits per heavy atom. The van der Waals surface area contributed by atoms with Crippen molar-refractivity contribution in [3.63, 3.8) is 0 Å². The van der Waals surface area contributed by atoms with Crippen molar-refractivity contribution in [2.45, 2.75) is 83.9 Å². The van der Waals surface area contributed by atoms with Crippen molar-refractivity contribution >= 4 is 23.1 Å². The second-order valence-corrected chi connectivity index (χ2v) is 16.1. The van der Waals surface area contributed by atoms with Crippen LogP contribution in [0.15, 0.2) is 85.2 Å². The van der Waals surface area contributed by atoms with E-state index in [4.69, 9.17) is 9.47 Å². The number of aromatic nitrogens is 2. The van der Waals surface area contributed by atoms with Crippen LogP contribution in [0.3, 0.4) is 0 Å². The van der Waals surface area contributed by atoms with Gasteiger partial charge in [-0.05, 0) is 120 Å². The zero-order valence-electron chi connectivity index (χ0n) is 36.2. The van der Waals surface area contributed by atoms with Gasteiger partial charge in [0.1, 0.15) is 23.1 Å². The van der Waals surface area contributed by atoms with Gasteiger partial charge in [-0.3, -0.25) is 9.97 Å². The number of hydrogen-bond acceptors (Lipinski definition) is 8. The molecule has 0 aliphatic carbocycles. The van der Waals surface area contributed by atoms with Gasteiger partial charge in [0, 0.05) is 60.8 Å². The van der Waals surface area contributed by atoms with Gasteiger partial charge < -0.3 is 40.1 Å². The van der Waals surface area contributed by atoms with Crippen LogP contribution in [0, 0.1) is 23.3 Å². The largest absolute Gasteiger partial charge is 0.496 e. The molecule has 0 unspecified atom stereocenters. The van der Waals surface area contributed by atoms with Crippen LogP contribution < -0.4 is 25.4 Å². The highest BCUT2D eigenvalue weighted by atomic mass is 19.2. The third-order valence-corrected chi connectivity index (χ3v) is 11.1. The van der Waals surface area contributed by atoms with Gasteiger partial charge in [-0.15, -0.1) is 0 Å². The van der Waals surface area contributed by atoms with E-state index in [1.165, 1.54) is 19.2 Å². The lowest BCUT2D eigenvalue weighted by molar-refractivity contribution is 0.126. The Kier molecular flexibility index (Phi) is 16.5. The molecule has 0 atom stereocenters. The molecule has 7 rings (SSSR count). The standard InChI is InChI=1S/C24H31F2N3O3.C23H25F2N5O/c1-16(2)32-20-6-4-17(5-7-20)14-28-24(30)29(19-8-10-27-11-9-19)15-18-12-21(25)22(26)13-23(18)31-3;1-29-10-6-19(7-11-29)30(15-17-3-4-18(24)13-20(17)25)23(31)28-14-16-2-5-21-22(12-16)27-9-8-26-21/h4-7,12-13,16,19,27H,8-11,14-15H2,1-3H3,(H,28,30);2-5,8-9,12-13,19H,6-7,10-11,14-15H2,1H3,(H,28,31). The molecule has 4 amide bonds. The Morgan fingerprint density at radius 1 is 0.730 bits per heavy atom. The first-order valence-corrected chi connectivity index (χ1v) is 21.3. The van der Waals surface area contributed by atoms with Gasteiger partial charge in [-0.25, -0.2) is 27.2 Å². The summed E-state index contributed by atoms with van der Waals surface area (Å²) in [6, 6.07) is 18.3. The van der Waals surface area contributed by atoms with Crippen molar-refractivity contribution in [2.75, 3.05) is 40.3 Å². The number of urea groups is 2. The minimum absolute atomic E-state index is 0.0110. The number of likely N-dealkylation sites (tertiary alicyclic amines) is 1. The predicted octanol–water partition coefficient (Wildman–Crippen LogP) is 7.94. The summed E-state index contributed by atoms with van der Waals surface area (Å²) < 4.78 is 66.0. The molecule has 0 radical (unpaired) electrons. The van der Waals surface area contributed by atoms with Gasteiger partial charge in [0.15, 0.2) is 11.6 Å². The first-order chi connectivity index (χ1) is 30.4. The van der Waals surface area contributed by atoms with Gasteiger partial charge in [0.25, 0.3) is 0 Å². The molecular formula is C47H56F4N8O4. The fourth-order valence-corrected chi connectivity index (χ4v) is 7.69. The van der Waals surface area contributed by atoms with Crippen LogP contribution in [0.5, 0.6) is 11.5 Å². The maximum absolute atomic E-state index is 14.3. The van der Waals surface area contributed by atoms with Crippen molar-refractivity contribution < 1.29 is 36.6 Å². The molecule has 0 spiro atoms. The first kappa shape index (κ1) is 46.5. The van der Waals surface area contributed by atoms with E-state index < -0.39 is 23.3 Å². The lowest BCUT2D eigenvalue weighted by Gasteiger charge is -2.37. The number of piperidine rings is 2. The zero-order chi connectivity index (χ0) is 44.9. The Hall–Kier alpha value is -6.00. The lowest BCUT2D eigenvalue weighted by Crippen LogP contribution is -2.49. The van der Waals surface area contributed by atoms with Gasteiger partial charge in [0.05, 0.1) is 37.3 Å². The maximum Gasteiger partial charge on any atom is 0.318 e. The summed E-state index contributed by atoms with van der Waals surface area (Å²) in [6.45, 7) is 8.12. The van der Waals surface area contributed by atoms with E-state index in [9.17, 15) is 27.2 Å². The van der Waals surface area contributed by atoms with Crippen LogP contribution in [-0.2, 0) is 26.2 Å². The molecule has 2 aliphatic heterocycles. The number of nitrogens with one attached hydrogen (secondary N) is 3. The Bertz CT molecular complexity index is 2290. The Labute approximate surface area is 366 Å². The van der Waals surface area contributed by atoms with Gasteiger partial charge in [0.2, 0.25) is 0 Å². The Morgan fingerprint density at radius 3 is 1.95 bits per heavy atom. The number of ether oxygens (including phenoxy) is 2. The first-order valence-electron chi connectivity index (χ1n) is 21.3. The highest BCUT2D eigenvalue weighted by Crippen LogP contribution is 2.27. The fourth-order valence-electron chi connectivity index (χ4n) is 7.69. The summed E-state index contributed by atoms with van der Waals surface area (Å²) in [4.78, 5) is 40.4. The maximum atomic E-state index is 14.3. The average molecular weight is 873 g/mol. The molecule has 12 nitrogen and oxygen atoms in total. The zero-order valence-corrected chi connectivity index (χ0v) is 36.2. The number of halogens is 4. The number of amides is 4. The summed E-state index contributed by atoms with van der Waals surface area (Å²) in [5, 5.41) is 9.19. The quantitative estimate of drug-likeness (QED) is 0.102. The molecule has 2 aliphatic rings. The van der Waals surface area contributed by atoms with E-state index in [0.29, 0.717) is 24.2 Å². The van der Waals surface area contributed by atoms with Crippen LogP contribution in [0.1, 0.15) is 61.8 Å². The van der Waals surface area contributed by atoms with Crippen molar-refractivity contribution in [3.8, 4) is 11.5 Å². The van der Waals surface area contributed by atoms with Crippen molar-refractivity contribution in [1.29, 1.82) is 0 Å². The van der Waals surface area contributed by atoms with Crippen LogP contribution in [-0.4, -0.2) is 95.3 Å². The summed E-state index contributed by atoms with van der Waals surface area (Å²) in [6.07, 6.45) is 6.52. The molecule has 63 heavy (non-hydrogen) atoms. The van der Waals surface area contributed by atoms with Crippen LogP contribution in [0.25, 0.3) is 11.0 Å². The number of fused-ring (bicyclic) bond motifs is 1. The molecule has 16 heteroatoms. The normalized spacial score (nSPS) is 14.7. The second-order valence-electron chi connectivity index (χ2n) is 16.1. The van der Waals surface area contributed by atoms with Crippen molar-refractivity contribution in [2.24, 2.45) is 0 Å². The number of benzene rings is 4. The topological polar surface area (TPSA) is 124 Å². The van der Waals surface area contributed by atoms with Gasteiger partial charge >= 0.3 is 12.1 Å². The van der Waals surface area contributed by atoms with Gasteiger partial charge in [-0.1, -0.05) is 24.3 Å². The van der Waals surface area contributed by atoms with E-state index in [-0.39, 0.29) is 49.1 Å². The molecule has 336 valence electrons. The number of nitrogens with zero attached hydrogens (tertiary/aromatic N) is 5. The smallest absolute Gasteiger partial charge is 0.318 e. The summed E-state index contributed by atoms with van der Waals surface area (Å²) in [5.74, 6) is -2.22. The third kappa shape index (κ3) is 13.3. The highest BCUT2D eigenvalue weighted by molar-refractivity contribution is 5.76. The van der Waals surface area contributed by atoms with Crippen LogP contribution >= 0.6 is 0 Å². The van der Waals surface area contributed by atoms with E-state index in [1.807, 2.05) is 63.4 Å². The SMILES string of the molecule is CN1CCC(N(Cc2ccc(F)cc2F)C(=O)NCc2ccc3nccnc3c2)CC1.COc1cc(F)c(F)cc1CN(C(=O)NCc1ccc(OC(C)C)cc1)C1CCNCC1. The lowest BCUT2D eigenvalue weighted by atomic mass is 10.0. The highest BCUT2D eigenvalue weighted by Gasteiger charge is 2.29. The monoisotopic (exact) mass is 872 g/mol. The molecule has 3 heterocycles. The molecule has 1 aromatic heterocycles. The molecule has 2 saturated heterocycles. The molecule has 0 saturated carbocycles. The van der Waals surface area contributed by atoms with E-state index in [0.717, 1.165) is 98.0 Å². The molecule has 5 aromatic rings. The molecule has 3 N–H and O–H groups in total. The second kappa shape index (κ2) is 22.4. The molecular weight excluding hydrogens is 817 g/mol. The number of hydrogen-bond donors (Lipinski definition) is 3. The van der Waals surface area contributed by atoms with E-state index >= 15 is 0 Å².